The second kappa shape index (κ2) is 4.21. The van der Waals surface area contributed by atoms with Gasteiger partial charge in [-0.2, -0.15) is 0 Å². The van der Waals surface area contributed by atoms with Crippen molar-refractivity contribution in [2.24, 2.45) is 0 Å². The number of hydrogen-bond donors (Lipinski definition) is 1. The average Bonchev–Trinajstić information content (AvgIpc) is 2.68. The monoisotopic (exact) mass is 239 g/mol. The summed E-state index contributed by atoms with van der Waals surface area (Å²) < 4.78 is 0. The zero-order valence-electron chi connectivity index (χ0n) is 10.6. The lowest BCUT2D eigenvalue weighted by Crippen LogP contribution is -2.25. The van der Waals surface area contributed by atoms with E-state index in [1.54, 1.807) is 6.20 Å². The maximum Gasteiger partial charge on any atom is 0.0943 e. The predicted molar refractivity (Wildman–Crippen MR) is 71.3 cm³/mol. The molecule has 3 rings (SSSR count). The van der Waals surface area contributed by atoms with Crippen molar-refractivity contribution in [2.45, 2.75) is 31.8 Å². The van der Waals surface area contributed by atoms with Gasteiger partial charge in [0.1, 0.15) is 0 Å². The van der Waals surface area contributed by atoms with Crippen LogP contribution in [-0.4, -0.2) is 10.1 Å². The van der Waals surface area contributed by atoms with Gasteiger partial charge in [-0.3, -0.25) is 4.98 Å². The van der Waals surface area contributed by atoms with Gasteiger partial charge in [0, 0.05) is 18.8 Å². The first-order chi connectivity index (χ1) is 8.67. The molecule has 1 aromatic heterocycles. The quantitative estimate of drug-likeness (QED) is 0.874. The zero-order valence-corrected chi connectivity index (χ0v) is 10.6. The summed E-state index contributed by atoms with van der Waals surface area (Å²) in [6.07, 6.45) is 6.02. The van der Waals surface area contributed by atoms with Crippen molar-refractivity contribution in [3.05, 3.63) is 65.0 Å². The molecule has 0 spiro atoms. The molecule has 0 bridgehead atoms. The van der Waals surface area contributed by atoms with Gasteiger partial charge < -0.3 is 5.11 Å². The highest BCUT2D eigenvalue weighted by Gasteiger charge is 2.36. The first-order valence-electron chi connectivity index (χ1n) is 6.39. The van der Waals surface area contributed by atoms with Crippen LogP contribution < -0.4 is 0 Å². The summed E-state index contributed by atoms with van der Waals surface area (Å²) >= 11 is 0. The largest absolute Gasteiger partial charge is 0.385 e. The molecular formula is C16H17NO. The molecule has 1 unspecified atom stereocenters. The summed E-state index contributed by atoms with van der Waals surface area (Å²) in [6, 6.07) is 10.3. The Bertz CT molecular complexity index is 565. The van der Waals surface area contributed by atoms with Crippen molar-refractivity contribution >= 4 is 0 Å². The molecule has 0 fully saturated rings. The summed E-state index contributed by atoms with van der Waals surface area (Å²) in [5.74, 6) is 0. The third-order valence-electron chi connectivity index (χ3n) is 3.79. The summed E-state index contributed by atoms with van der Waals surface area (Å²) in [5.41, 5.74) is 3.97. The Morgan fingerprint density at radius 3 is 3.00 bits per heavy atom. The Morgan fingerprint density at radius 2 is 2.22 bits per heavy atom. The SMILES string of the molecule is Cc1ccc2c(c1)C(O)(Cc1cccnc1)CC2. The molecular weight excluding hydrogens is 222 g/mol. The minimum absolute atomic E-state index is 0.650. The van der Waals surface area contributed by atoms with Gasteiger partial charge in [-0.1, -0.05) is 29.8 Å². The molecule has 1 aliphatic rings. The van der Waals surface area contributed by atoms with E-state index in [-0.39, 0.29) is 0 Å². The molecule has 92 valence electrons. The molecule has 18 heavy (non-hydrogen) atoms. The molecule has 2 heteroatoms. The number of rotatable bonds is 2. The maximum absolute atomic E-state index is 10.9. The van der Waals surface area contributed by atoms with Crippen molar-refractivity contribution in [1.82, 2.24) is 4.98 Å². The van der Waals surface area contributed by atoms with Crippen LogP contribution in [0.2, 0.25) is 0 Å². The molecule has 1 aliphatic carbocycles. The van der Waals surface area contributed by atoms with Crippen LogP contribution in [-0.2, 0) is 18.4 Å². The number of pyridine rings is 1. The Morgan fingerprint density at radius 1 is 1.33 bits per heavy atom. The Hall–Kier alpha value is -1.67. The number of benzene rings is 1. The Kier molecular flexibility index (Phi) is 2.67. The van der Waals surface area contributed by atoms with Crippen molar-refractivity contribution < 1.29 is 5.11 Å². The molecule has 1 aromatic carbocycles. The van der Waals surface area contributed by atoms with Gasteiger partial charge in [-0.05, 0) is 42.5 Å². The van der Waals surface area contributed by atoms with Crippen LogP contribution in [0.15, 0.2) is 42.7 Å². The standard InChI is InChI=1S/C16H17NO/c1-12-4-5-14-6-7-16(18,15(14)9-12)10-13-3-2-8-17-11-13/h2-5,8-9,11,18H,6-7,10H2,1H3. The summed E-state index contributed by atoms with van der Waals surface area (Å²) in [7, 11) is 0. The van der Waals surface area contributed by atoms with Crippen molar-refractivity contribution in [2.75, 3.05) is 0 Å². The fraction of sp³-hybridized carbons (Fsp3) is 0.312. The number of aromatic nitrogens is 1. The van der Waals surface area contributed by atoms with E-state index in [1.807, 2.05) is 18.3 Å². The topological polar surface area (TPSA) is 33.1 Å². The highest BCUT2D eigenvalue weighted by Crippen LogP contribution is 2.39. The van der Waals surface area contributed by atoms with Crippen LogP contribution in [0.5, 0.6) is 0 Å². The number of nitrogens with zero attached hydrogens (tertiary/aromatic N) is 1. The second-order valence-electron chi connectivity index (χ2n) is 5.23. The van der Waals surface area contributed by atoms with E-state index in [2.05, 4.69) is 30.1 Å². The van der Waals surface area contributed by atoms with Gasteiger partial charge in [0.15, 0.2) is 0 Å². The van der Waals surface area contributed by atoms with Crippen LogP contribution in [0, 0.1) is 6.92 Å². The Balaban J connectivity index is 1.96. The van der Waals surface area contributed by atoms with E-state index in [0.29, 0.717) is 6.42 Å². The van der Waals surface area contributed by atoms with Crippen LogP contribution in [0.4, 0.5) is 0 Å². The van der Waals surface area contributed by atoms with Crippen LogP contribution in [0.1, 0.15) is 28.7 Å². The summed E-state index contributed by atoms with van der Waals surface area (Å²) in [6.45, 7) is 2.07. The fourth-order valence-corrected chi connectivity index (χ4v) is 2.84. The minimum Gasteiger partial charge on any atom is -0.385 e. The first-order valence-corrected chi connectivity index (χ1v) is 6.39. The lowest BCUT2D eigenvalue weighted by Gasteiger charge is -2.24. The minimum atomic E-state index is -0.718. The van der Waals surface area contributed by atoms with E-state index < -0.39 is 5.60 Å². The number of aliphatic hydroxyl groups is 1. The molecule has 1 heterocycles. The van der Waals surface area contributed by atoms with Gasteiger partial charge in [-0.15, -0.1) is 0 Å². The van der Waals surface area contributed by atoms with Crippen LogP contribution >= 0.6 is 0 Å². The lowest BCUT2D eigenvalue weighted by molar-refractivity contribution is 0.0388. The third-order valence-corrected chi connectivity index (χ3v) is 3.79. The molecule has 1 N–H and O–H groups in total. The second-order valence-corrected chi connectivity index (χ2v) is 5.23. The van der Waals surface area contributed by atoms with Gasteiger partial charge in [0.25, 0.3) is 0 Å². The highest BCUT2D eigenvalue weighted by molar-refractivity contribution is 5.41. The van der Waals surface area contributed by atoms with Crippen molar-refractivity contribution in [1.29, 1.82) is 0 Å². The first kappa shape index (κ1) is 11.4. The van der Waals surface area contributed by atoms with Crippen molar-refractivity contribution in [3.8, 4) is 0 Å². The Labute approximate surface area is 107 Å². The van der Waals surface area contributed by atoms with Crippen LogP contribution in [0.3, 0.4) is 0 Å². The molecule has 2 aromatic rings. The molecule has 0 aliphatic heterocycles. The fourth-order valence-electron chi connectivity index (χ4n) is 2.84. The maximum atomic E-state index is 10.9. The average molecular weight is 239 g/mol. The molecule has 0 saturated heterocycles. The summed E-state index contributed by atoms with van der Waals surface area (Å²) in [4.78, 5) is 4.12. The predicted octanol–water partition coefficient (Wildman–Crippen LogP) is 2.77. The number of hydrogen-bond acceptors (Lipinski definition) is 2. The normalized spacial score (nSPS) is 21.9. The smallest absolute Gasteiger partial charge is 0.0943 e. The van der Waals surface area contributed by atoms with E-state index in [4.69, 9.17) is 0 Å². The van der Waals surface area contributed by atoms with E-state index in [9.17, 15) is 5.11 Å². The number of fused-ring (bicyclic) bond motifs is 1. The third kappa shape index (κ3) is 1.93. The van der Waals surface area contributed by atoms with Crippen LogP contribution in [0.25, 0.3) is 0 Å². The number of aryl methyl sites for hydroxylation is 2. The van der Waals surface area contributed by atoms with E-state index >= 15 is 0 Å². The molecule has 0 saturated carbocycles. The lowest BCUT2D eigenvalue weighted by atomic mass is 9.88. The van der Waals surface area contributed by atoms with Gasteiger partial charge in [0.05, 0.1) is 5.60 Å². The van der Waals surface area contributed by atoms with Gasteiger partial charge >= 0.3 is 0 Å². The molecule has 1 atom stereocenters. The van der Waals surface area contributed by atoms with Gasteiger partial charge in [-0.25, -0.2) is 0 Å². The molecule has 0 radical (unpaired) electrons. The van der Waals surface area contributed by atoms with Gasteiger partial charge in [0.2, 0.25) is 0 Å². The highest BCUT2D eigenvalue weighted by atomic mass is 16.3. The van der Waals surface area contributed by atoms with E-state index in [1.165, 1.54) is 11.1 Å². The zero-order chi connectivity index (χ0) is 12.6. The molecule has 2 nitrogen and oxygen atoms in total. The van der Waals surface area contributed by atoms with E-state index in [0.717, 1.165) is 24.0 Å². The van der Waals surface area contributed by atoms with Crippen molar-refractivity contribution in [3.63, 3.8) is 0 Å². The summed E-state index contributed by atoms with van der Waals surface area (Å²) in [5, 5.41) is 10.9. The molecule has 0 amide bonds.